The fourth-order valence-corrected chi connectivity index (χ4v) is 1.22. The number of aldehydes is 1. The van der Waals surface area contributed by atoms with E-state index < -0.39 is 6.10 Å². The van der Waals surface area contributed by atoms with Crippen LogP contribution >= 0.6 is 11.3 Å². The fraction of sp³-hybridized carbons (Fsp3) is 0.333. The van der Waals surface area contributed by atoms with Gasteiger partial charge in [0, 0.05) is 6.20 Å². The topological polar surface area (TPSA) is 50.2 Å². The summed E-state index contributed by atoms with van der Waals surface area (Å²) in [5.41, 5.74) is 0. The predicted molar refractivity (Wildman–Crippen MR) is 38.1 cm³/mol. The predicted octanol–water partition coefficient (Wildman–Crippen LogP) is 1.01. The van der Waals surface area contributed by atoms with E-state index in [-0.39, 0.29) is 0 Å². The first-order valence-corrected chi connectivity index (χ1v) is 3.64. The van der Waals surface area contributed by atoms with E-state index in [4.69, 9.17) is 5.11 Å². The van der Waals surface area contributed by atoms with Crippen molar-refractivity contribution in [1.29, 1.82) is 0 Å². The quantitative estimate of drug-likeness (QED) is 0.652. The molecule has 1 aromatic rings. The third-order valence-electron chi connectivity index (χ3n) is 1.01. The number of thiazole rings is 1. The van der Waals surface area contributed by atoms with Crippen molar-refractivity contribution in [2.24, 2.45) is 0 Å². The Labute approximate surface area is 62.3 Å². The molecule has 10 heavy (non-hydrogen) atoms. The smallest absolute Gasteiger partial charge is 0.161 e. The zero-order valence-electron chi connectivity index (χ0n) is 5.44. The highest BCUT2D eigenvalue weighted by molar-refractivity contribution is 7.13. The van der Waals surface area contributed by atoms with Gasteiger partial charge >= 0.3 is 0 Å². The van der Waals surface area contributed by atoms with Crippen LogP contribution in [0.1, 0.15) is 27.7 Å². The van der Waals surface area contributed by atoms with Crippen molar-refractivity contribution in [2.75, 3.05) is 0 Å². The molecule has 54 valence electrons. The van der Waals surface area contributed by atoms with Crippen LogP contribution in [0.2, 0.25) is 0 Å². The van der Waals surface area contributed by atoms with Gasteiger partial charge in [-0.2, -0.15) is 0 Å². The first kappa shape index (κ1) is 7.37. The van der Waals surface area contributed by atoms with E-state index in [1.165, 1.54) is 17.5 Å². The van der Waals surface area contributed by atoms with Crippen molar-refractivity contribution in [3.05, 3.63) is 16.1 Å². The maximum Gasteiger partial charge on any atom is 0.161 e. The highest BCUT2D eigenvalue weighted by Gasteiger charge is 2.05. The largest absolute Gasteiger partial charge is 0.386 e. The van der Waals surface area contributed by atoms with Crippen LogP contribution < -0.4 is 0 Å². The van der Waals surface area contributed by atoms with E-state index in [0.717, 1.165) is 6.29 Å². The van der Waals surface area contributed by atoms with Crippen molar-refractivity contribution < 1.29 is 9.90 Å². The summed E-state index contributed by atoms with van der Waals surface area (Å²) >= 11 is 1.21. The number of rotatable bonds is 2. The molecule has 1 N–H and O–H groups in total. The van der Waals surface area contributed by atoms with Gasteiger partial charge in [0.2, 0.25) is 0 Å². The SMILES string of the molecule is C[C@H](O)c1ncc(C=O)s1. The summed E-state index contributed by atoms with van der Waals surface area (Å²) in [5.74, 6) is 0. The molecular formula is C6H7NO2S. The molecule has 0 aromatic carbocycles. The highest BCUT2D eigenvalue weighted by atomic mass is 32.1. The molecule has 1 rings (SSSR count). The van der Waals surface area contributed by atoms with Gasteiger partial charge in [-0.15, -0.1) is 11.3 Å². The number of aliphatic hydroxyl groups excluding tert-OH is 1. The van der Waals surface area contributed by atoms with Crippen LogP contribution in [0.3, 0.4) is 0 Å². The minimum atomic E-state index is -0.571. The lowest BCUT2D eigenvalue weighted by atomic mass is 10.4. The Hall–Kier alpha value is -0.740. The molecule has 0 saturated carbocycles. The molecule has 4 heteroatoms. The zero-order valence-corrected chi connectivity index (χ0v) is 6.26. The van der Waals surface area contributed by atoms with Crippen molar-refractivity contribution in [1.82, 2.24) is 4.98 Å². The zero-order chi connectivity index (χ0) is 7.56. The van der Waals surface area contributed by atoms with Gasteiger partial charge in [0.15, 0.2) is 6.29 Å². The van der Waals surface area contributed by atoms with Gasteiger partial charge in [-0.25, -0.2) is 4.98 Å². The van der Waals surface area contributed by atoms with E-state index in [2.05, 4.69) is 4.98 Å². The molecular weight excluding hydrogens is 150 g/mol. The Morgan fingerprint density at radius 3 is 2.90 bits per heavy atom. The van der Waals surface area contributed by atoms with E-state index in [0.29, 0.717) is 9.88 Å². The fourth-order valence-electron chi connectivity index (χ4n) is 0.548. The average Bonchev–Trinajstić information content (AvgIpc) is 2.34. The summed E-state index contributed by atoms with van der Waals surface area (Å²) in [4.78, 5) is 14.5. The molecule has 0 unspecified atom stereocenters. The second kappa shape index (κ2) is 2.90. The summed E-state index contributed by atoms with van der Waals surface area (Å²) in [5, 5.41) is 9.55. The minimum Gasteiger partial charge on any atom is -0.386 e. The monoisotopic (exact) mass is 157 g/mol. The summed E-state index contributed by atoms with van der Waals surface area (Å²) in [7, 11) is 0. The van der Waals surface area contributed by atoms with Crippen LogP contribution in [0.5, 0.6) is 0 Å². The number of carbonyl (C=O) groups is 1. The first-order chi connectivity index (χ1) is 4.74. The van der Waals surface area contributed by atoms with Gasteiger partial charge in [-0.3, -0.25) is 4.79 Å². The standard InChI is InChI=1S/C6H7NO2S/c1-4(9)6-7-2-5(3-8)10-6/h2-4,9H,1H3/t4-/m0/s1. The number of aromatic nitrogens is 1. The molecule has 0 aliphatic carbocycles. The Balaban J connectivity index is 2.88. The summed E-state index contributed by atoms with van der Waals surface area (Å²) in [6.45, 7) is 1.62. The van der Waals surface area contributed by atoms with Gasteiger partial charge in [0.1, 0.15) is 11.1 Å². The van der Waals surface area contributed by atoms with E-state index >= 15 is 0 Å². The van der Waals surface area contributed by atoms with Crippen LogP contribution in [-0.4, -0.2) is 16.4 Å². The molecule has 3 nitrogen and oxygen atoms in total. The molecule has 1 aromatic heterocycles. The molecule has 0 amide bonds. The van der Waals surface area contributed by atoms with Crippen molar-refractivity contribution >= 4 is 17.6 Å². The molecule has 1 atom stereocenters. The molecule has 0 saturated heterocycles. The van der Waals surface area contributed by atoms with E-state index in [9.17, 15) is 4.79 Å². The van der Waals surface area contributed by atoms with E-state index in [1.807, 2.05) is 0 Å². The molecule has 0 spiro atoms. The van der Waals surface area contributed by atoms with Crippen LogP contribution in [0.4, 0.5) is 0 Å². The molecule has 0 radical (unpaired) electrons. The Kier molecular flexibility index (Phi) is 2.13. The molecule has 0 aliphatic rings. The maximum absolute atomic E-state index is 10.1. The number of carbonyl (C=O) groups excluding carboxylic acids is 1. The third-order valence-corrected chi connectivity index (χ3v) is 2.11. The van der Waals surface area contributed by atoms with Gasteiger partial charge in [-0.1, -0.05) is 0 Å². The maximum atomic E-state index is 10.1. The number of hydrogen-bond donors (Lipinski definition) is 1. The Morgan fingerprint density at radius 2 is 2.60 bits per heavy atom. The molecule has 0 fully saturated rings. The van der Waals surface area contributed by atoms with Crippen molar-refractivity contribution in [3.8, 4) is 0 Å². The van der Waals surface area contributed by atoms with Crippen LogP contribution in [0.15, 0.2) is 6.20 Å². The van der Waals surface area contributed by atoms with Crippen LogP contribution in [-0.2, 0) is 0 Å². The van der Waals surface area contributed by atoms with Gasteiger partial charge in [-0.05, 0) is 6.92 Å². The first-order valence-electron chi connectivity index (χ1n) is 2.83. The van der Waals surface area contributed by atoms with Crippen LogP contribution in [0, 0.1) is 0 Å². The van der Waals surface area contributed by atoms with E-state index in [1.54, 1.807) is 6.92 Å². The van der Waals surface area contributed by atoms with Crippen LogP contribution in [0.25, 0.3) is 0 Å². The lowest BCUT2D eigenvalue weighted by Gasteiger charge is -1.93. The Morgan fingerprint density at radius 1 is 1.90 bits per heavy atom. The van der Waals surface area contributed by atoms with Gasteiger partial charge in [0.25, 0.3) is 0 Å². The lowest BCUT2D eigenvalue weighted by Crippen LogP contribution is -1.86. The molecule has 1 heterocycles. The lowest BCUT2D eigenvalue weighted by molar-refractivity contribution is 0.112. The number of hydrogen-bond acceptors (Lipinski definition) is 4. The average molecular weight is 157 g/mol. The number of aliphatic hydroxyl groups is 1. The van der Waals surface area contributed by atoms with Crippen molar-refractivity contribution in [3.63, 3.8) is 0 Å². The van der Waals surface area contributed by atoms with Gasteiger partial charge < -0.3 is 5.11 Å². The summed E-state index contributed by atoms with van der Waals surface area (Å²) in [6, 6.07) is 0. The Bertz CT molecular complexity index is 231. The molecule has 0 bridgehead atoms. The third kappa shape index (κ3) is 1.40. The minimum absolute atomic E-state index is 0.552. The van der Waals surface area contributed by atoms with Gasteiger partial charge in [0.05, 0.1) is 4.88 Å². The normalized spacial score (nSPS) is 13.0. The summed E-state index contributed by atoms with van der Waals surface area (Å²) in [6.07, 6.45) is 1.61. The summed E-state index contributed by atoms with van der Waals surface area (Å²) < 4.78 is 0. The second-order valence-electron chi connectivity index (χ2n) is 1.89. The van der Waals surface area contributed by atoms with Crippen molar-refractivity contribution in [2.45, 2.75) is 13.0 Å². The highest BCUT2D eigenvalue weighted by Crippen LogP contribution is 2.17. The molecule has 0 aliphatic heterocycles. The second-order valence-corrected chi connectivity index (χ2v) is 2.99. The number of nitrogens with zero attached hydrogens (tertiary/aromatic N) is 1.